The monoisotopic (exact) mass is 388 g/mol. The number of halogens is 2. The van der Waals surface area contributed by atoms with Crippen molar-refractivity contribution in [2.75, 3.05) is 26.2 Å². The number of carbonyl (C=O) groups is 1. The van der Waals surface area contributed by atoms with Crippen molar-refractivity contribution in [3.8, 4) is 5.75 Å². The Balaban J connectivity index is 1.41. The van der Waals surface area contributed by atoms with E-state index in [1.165, 1.54) is 23.3 Å². The Morgan fingerprint density at radius 3 is 2.39 bits per heavy atom. The molecule has 2 aromatic rings. The normalized spacial score (nSPS) is 15.1. The van der Waals surface area contributed by atoms with E-state index in [4.69, 9.17) is 0 Å². The predicted molar refractivity (Wildman–Crippen MR) is 104 cm³/mol. The molecule has 1 aliphatic heterocycles. The van der Waals surface area contributed by atoms with Gasteiger partial charge in [0.05, 0.1) is 0 Å². The van der Waals surface area contributed by atoms with Crippen molar-refractivity contribution in [3.63, 3.8) is 0 Å². The average molecular weight is 388 g/mol. The lowest BCUT2D eigenvalue weighted by molar-refractivity contribution is -0.133. The minimum absolute atomic E-state index is 0.134. The first-order chi connectivity index (χ1) is 13.5. The van der Waals surface area contributed by atoms with Crippen molar-refractivity contribution in [2.45, 2.75) is 32.9 Å². The first-order valence-electron chi connectivity index (χ1n) is 9.59. The van der Waals surface area contributed by atoms with Gasteiger partial charge in [0, 0.05) is 39.1 Å². The van der Waals surface area contributed by atoms with Gasteiger partial charge in [-0.25, -0.2) is 0 Å². The Labute approximate surface area is 164 Å². The Kier molecular flexibility index (Phi) is 6.98. The van der Waals surface area contributed by atoms with Crippen molar-refractivity contribution < 1.29 is 18.3 Å². The van der Waals surface area contributed by atoms with Gasteiger partial charge >= 0.3 is 6.61 Å². The molecule has 28 heavy (non-hydrogen) atoms. The standard InChI is InChI=1S/C22H26F2N2O2/c1-17-3-2-4-19(15-17)16-25-11-13-26(14-12-25)21(27)10-7-18-5-8-20(9-6-18)28-22(23)24/h2-6,8-9,15,22H,7,10-14,16H2,1H3. The third kappa shape index (κ3) is 6.02. The lowest BCUT2D eigenvalue weighted by atomic mass is 10.1. The SMILES string of the molecule is Cc1cccc(CN2CCN(C(=O)CCc3ccc(OC(F)F)cc3)CC2)c1. The van der Waals surface area contributed by atoms with Gasteiger partial charge in [-0.2, -0.15) is 8.78 Å². The molecule has 150 valence electrons. The molecule has 0 aliphatic carbocycles. The molecular weight excluding hydrogens is 362 g/mol. The summed E-state index contributed by atoms with van der Waals surface area (Å²) in [5, 5.41) is 0. The molecule has 0 saturated carbocycles. The molecule has 6 heteroatoms. The van der Waals surface area contributed by atoms with Crippen LogP contribution in [-0.2, 0) is 17.8 Å². The lowest BCUT2D eigenvalue weighted by Gasteiger charge is -2.35. The van der Waals surface area contributed by atoms with E-state index in [-0.39, 0.29) is 11.7 Å². The number of rotatable bonds is 7. The smallest absolute Gasteiger partial charge is 0.387 e. The number of ether oxygens (including phenoxy) is 1. The summed E-state index contributed by atoms with van der Waals surface area (Å²) in [4.78, 5) is 16.8. The first-order valence-corrected chi connectivity index (χ1v) is 9.59. The summed E-state index contributed by atoms with van der Waals surface area (Å²) in [6, 6.07) is 15.0. The number of hydrogen-bond acceptors (Lipinski definition) is 3. The summed E-state index contributed by atoms with van der Waals surface area (Å²) in [7, 11) is 0. The third-order valence-corrected chi connectivity index (χ3v) is 4.99. The Morgan fingerprint density at radius 2 is 1.75 bits per heavy atom. The summed E-state index contributed by atoms with van der Waals surface area (Å²) in [5.74, 6) is 0.276. The molecule has 0 radical (unpaired) electrons. The lowest BCUT2D eigenvalue weighted by Crippen LogP contribution is -2.48. The van der Waals surface area contributed by atoms with Crippen LogP contribution in [0.15, 0.2) is 48.5 Å². The number of piperazine rings is 1. The second-order valence-electron chi connectivity index (χ2n) is 7.17. The van der Waals surface area contributed by atoms with Crippen LogP contribution >= 0.6 is 0 Å². The predicted octanol–water partition coefficient (Wildman–Crippen LogP) is 3.87. The minimum Gasteiger partial charge on any atom is -0.435 e. The maximum Gasteiger partial charge on any atom is 0.387 e. The van der Waals surface area contributed by atoms with E-state index in [1.54, 1.807) is 12.1 Å². The van der Waals surface area contributed by atoms with Crippen LogP contribution in [0.3, 0.4) is 0 Å². The van der Waals surface area contributed by atoms with Crippen LogP contribution in [0.4, 0.5) is 8.78 Å². The Bertz CT molecular complexity index is 772. The highest BCUT2D eigenvalue weighted by Gasteiger charge is 2.20. The maximum atomic E-state index is 12.5. The fourth-order valence-corrected chi connectivity index (χ4v) is 3.47. The highest BCUT2D eigenvalue weighted by atomic mass is 19.3. The van der Waals surface area contributed by atoms with Crippen LogP contribution < -0.4 is 4.74 Å². The number of benzene rings is 2. The fraction of sp³-hybridized carbons (Fsp3) is 0.409. The molecule has 0 bridgehead atoms. The Hall–Kier alpha value is -2.47. The maximum absolute atomic E-state index is 12.5. The molecule has 1 saturated heterocycles. The highest BCUT2D eigenvalue weighted by Crippen LogP contribution is 2.17. The number of hydrogen-bond donors (Lipinski definition) is 0. The third-order valence-electron chi connectivity index (χ3n) is 4.99. The molecule has 1 aliphatic rings. The zero-order valence-corrected chi connectivity index (χ0v) is 16.1. The van der Waals surface area contributed by atoms with E-state index in [9.17, 15) is 13.6 Å². The van der Waals surface area contributed by atoms with Gasteiger partial charge < -0.3 is 9.64 Å². The molecule has 0 unspecified atom stereocenters. The summed E-state index contributed by atoms with van der Waals surface area (Å²) in [5.41, 5.74) is 3.51. The summed E-state index contributed by atoms with van der Waals surface area (Å²) in [6.45, 7) is 3.42. The molecule has 1 amide bonds. The van der Waals surface area contributed by atoms with Crippen molar-refractivity contribution in [3.05, 3.63) is 65.2 Å². The summed E-state index contributed by atoms with van der Waals surface area (Å²) < 4.78 is 28.7. The molecule has 0 spiro atoms. The molecule has 4 nitrogen and oxygen atoms in total. The van der Waals surface area contributed by atoms with Crippen molar-refractivity contribution >= 4 is 5.91 Å². The van der Waals surface area contributed by atoms with Gasteiger partial charge in [0.15, 0.2) is 0 Å². The number of aryl methyl sites for hydroxylation is 2. The van der Waals surface area contributed by atoms with E-state index in [0.29, 0.717) is 12.8 Å². The van der Waals surface area contributed by atoms with Crippen LogP contribution in [0.1, 0.15) is 23.1 Å². The van der Waals surface area contributed by atoms with Crippen molar-refractivity contribution in [1.82, 2.24) is 9.80 Å². The number of carbonyl (C=O) groups excluding carboxylic acids is 1. The van der Waals surface area contributed by atoms with Crippen LogP contribution in [0.2, 0.25) is 0 Å². The molecule has 0 N–H and O–H groups in total. The van der Waals surface area contributed by atoms with Gasteiger partial charge in [-0.05, 0) is 36.6 Å². The van der Waals surface area contributed by atoms with Crippen LogP contribution in [0.5, 0.6) is 5.75 Å². The highest BCUT2D eigenvalue weighted by molar-refractivity contribution is 5.76. The largest absolute Gasteiger partial charge is 0.435 e. The molecular formula is C22H26F2N2O2. The molecule has 1 fully saturated rings. The first kappa shape index (κ1) is 20.3. The van der Waals surface area contributed by atoms with Gasteiger partial charge in [0.25, 0.3) is 0 Å². The second-order valence-corrected chi connectivity index (χ2v) is 7.17. The van der Waals surface area contributed by atoms with Gasteiger partial charge in [-0.1, -0.05) is 42.0 Å². The number of amides is 1. The van der Waals surface area contributed by atoms with Gasteiger partial charge in [-0.15, -0.1) is 0 Å². The zero-order chi connectivity index (χ0) is 19.9. The molecule has 0 aromatic heterocycles. The second kappa shape index (κ2) is 9.64. The fourth-order valence-electron chi connectivity index (χ4n) is 3.47. The summed E-state index contributed by atoms with van der Waals surface area (Å²) in [6.07, 6.45) is 1.02. The van der Waals surface area contributed by atoms with E-state index in [0.717, 1.165) is 38.3 Å². The van der Waals surface area contributed by atoms with Crippen LogP contribution in [0, 0.1) is 6.92 Å². The number of nitrogens with zero attached hydrogens (tertiary/aromatic N) is 2. The van der Waals surface area contributed by atoms with Crippen molar-refractivity contribution in [1.29, 1.82) is 0 Å². The quantitative estimate of drug-likeness (QED) is 0.722. The Morgan fingerprint density at radius 1 is 1.04 bits per heavy atom. The molecule has 1 heterocycles. The average Bonchev–Trinajstić information content (AvgIpc) is 2.67. The molecule has 2 aromatic carbocycles. The molecule has 0 atom stereocenters. The number of alkyl halides is 2. The van der Waals surface area contributed by atoms with Crippen LogP contribution in [0.25, 0.3) is 0 Å². The molecule has 3 rings (SSSR count). The van der Waals surface area contributed by atoms with E-state index >= 15 is 0 Å². The van der Waals surface area contributed by atoms with E-state index < -0.39 is 6.61 Å². The van der Waals surface area contributed by atoms with Crippen molar-refractivity contribution in [2.24, 2.45) is 0 Å². The van der Waals surface area contributed by atoms with Crippen LogP contribution in [-0.4, -0.2) is 48.5 Å². The van der Waals surface area contributed by atoms with Gasteiger partial charge in [-0.3, -0.25) is 9.69 Å². The minimum atomic E-state index is -2.82. The summed E-state index contributed by atoms with van der Waals surface area (Å²) >= 11 is 0. The van der Waals surface area contributed by atoms with Gasteiger partial charge in [0.1, 0.15) is 5.75 Å². The van der Waals surface area contributed by atoms with Gasteiger partial charge in [0.2, 0.25) is 5.91 Å². The van der Waals surface area contributed by atoms with E-state index in [2.05, 4.69) is 40.8 Å². The topological polar surface area (TPSA) is 32.8 Å². The van der Waals surface area contributed by atoms with E-state index in [1.807, 2.05) is 4.90 Å². The zero-order valence-electron chi connectivity index (χ0n) is 16.1.